The smallest absolute Gasteiger partial charge is 0.234 e. The number of carbonyl (C=O) groups is 1. The van der Waals surface area contributed by atoms with Crippen LogP contribution in [0.15, 0.2) is 54.7 Å². The number of hydrogen-bond donors (Lipinski definition) is 2. The number of nitrogens with one attached hydrogen (secondary N) is 1. The molecule has 5 nitrogen and oxygen atoms in total. The van der Waals surface area contributed by atoms with Crippen molar-refractivity contribution in [2.45, 2.75) is 19.4 Å². The number of nitrogens with two attached hydrogens (primary N) is 1. The van der Waals surface area contributed by atoms with Crippen LogP contribution in [-0.4, -0.2) is 17.6 Å². The van der Waals surface area contributed by atoms with Crippen molar-refractivity contribution in [2.75, 3.05) is 7.11 Å². The molecule has 0 aliphatic carbocycles. The van der Waals surface area contributed by atoms with Crippen LogP contribution in [0.25, 0.3) is 10.9 Å². The van der Waals surface area contributed by atoms with Crippen LogP contribution in [0.4, 0.5) is 0 Å². The average Bonchev–Trinajstić information content (AvgIpc) is 2.97. The van der Waals surface area contributed by atoms with Gasteiger partial charge in [-0.05, 0) is 35.7 Å². The topological polar surface area (TPSA) is 69.3 Å². The average molecular weight is 323 g/mol. The SMILES string of the molecule is COc1ccc2c(c1)c(CCC(=O)NN)cn2Cc1ccccc1. The quantitative estimate of drug-likeness (QED) is 0.416. The van der Waals surface area contributed by atoms with E-state index >= 15 is 0 Å². The highest BCUT2D eigenvalue weighted by Crippen LogP contribution is 2.27. The van der Waals surface area contributed by atoms with Gasteiger partial charge in [0.1, 0.15) is 5.75 Å². The van der Waals surface area contributed by atoms with Crippen LogP contribution >= 0.6 is 0 Å². The fourth-order valence-corrected chi connectivity index (χ4v) is 2.91. The lowest BCUT2D eigenvalue weighted by Crippen LogP contribution is -2.30. The molecule has 0 fully saturated rings. The van der Waals surface area contributed by atoms with E-state index in [1.54, 1.807) is 7.11 Å². The third-order valence-corrected chi connectivity index (χ3v) is 4.15. The minimum atomic E-state index is -0.165. The molecule has 0 bridgehead atoms. The summed E-state index contributed by atoms with van der Waals surface area (Å²) >= 11 is 0. The van der Waals surface area contributed by atoms with Crippen LogP contribution in [0.3, 0.4) is 0 Å². The summed E-state index contributed by atoms with van der Waals surface area (Å²) in [7, 11) is 1.66. The first kappa shape index (κ1) is 16.1. The third kappa shape index (κ3) is 3.41. The first-order valence-electron chi connectivity index (χ1n) is 7.90. The molecular formula is C19H21N3O2. The van der Waals surface area contributed by atoms with Crippen LogP contribution in [-0.2, 0) is 17.8 Å². The van der Waals surface area contributed by atoms with Crippen molar-refractivity contribution in [3.63, 3.8) is 0 Å². The Morgan fingerprint density at radius 1 is 1.21 bits per heavy atom. The molecule has 0 unspecified atom stereocenters. The molecule has 3 rings (SSSR count). The number of aromatic nitrogens is 1. The molecule has 1 heterocycles. The molecule has 1 aromatic heterocycles. The second kappa shape index (κ2) is 7.19. The fourth-order valence-electron chi connectivity index (χ4n) is 2.91. The summed E-state index contributed by atoms with van der Waals surface area (Å²) in [5, 5.41) is 1.11. The summed E-state index contributed by atoms with van der Waals surface area (Å²) in [6.45, 7) is 0.784. The van der Waals surface area contributed by atoms with Crippen molar-refractivity contribution in [1.29, 1.82) is 0 Å². The number of amides is 1. The number of methoxy groups -OCH3 is 1. The molecule has 0 aliphatic rings. The highest BCUT2D eigenvalue weighted by molar-refractivity contribution is 5.86. The standard InChI is InChI=1S/C19H21N3O2/c1-24-16-8-9-18-17(11-16)15(7-10-19(23)21-20)13-22(18)12-14-5-3-2-4-6-14/h2-6,8-9,11,13H,7,10,12,20H2,1H3,(H,21,23). The Morgan fingerprint density at radius 2 is 2.00 bits per heavy atom. The molecule has 2 aromatic carbocycles. The van der Waals surface area contributed by atoms with Gasteiger partial charge in [0.2, 0.25) is 5.91 Å². The number of aryl methyl sites for hydroxylation is 1. The summed E-state index contributed by atoms with van der Waals surface area (Å²) < 4.78 is 7.55. The molecule has 24 heavy (non-hydrogen) atoms. The molecule has 0 saturated heterocycles. The molecule has 3 N–H and O–H groups in total. The third-order valence-electron chi connectivity index (χ3n) is 4.15. The van der Waals surface area contributed by atoms with Gasteiger partial charge in [-0.2, -0.15) is 0 Å². The summed E-state index contributed by atoms with van der Waals surface area (Å²) in [6.07, 6.45) is 3.10. The van der Waals surface area contributed by atoms with Crippen LogP contribution < -0.4 is 16.0 Å². The van der Waals surface area contributed by atoms with Gasteiger partial charge in [0, 0.05) is 30.1 Å². The Bertz CT molecular complexity index is 840. The number of rotatable bonds is 6. The van der Waals surface area contributed by atoms with Gasteiger partial charge in [-0.3, -0.25) is 10.2 Å². The molecule has 5 heteroatoms. The number of nitrogens with zero attached hydrogens (tertiary/aromatic N) is 1. The largest absolute Gasteiger partial charge is 0.497 e. The Kier molecular flexibility index (Phi) is 4.82. The predicted octanol–water partition coefficient (Wildman–Crippen LogP) is 2.62. The normalized spacial score (nSPS) is 10.8. The molecular weight excluding hydrogens is 302 g/mol. The van der Waals surface area contributed by atoms with E-state index in [9.17, 15) is 4.79 Å². The minimum absolute atomic E-state index is 0.165. The zero-order valence-electron chi connectivity index (χ0n) is 13.7. The first-order chi connectivity index (χ1) is 11.7. The van der Waals surface area contributed by atoms with Gasteiger partial charge >= 0.3 is 0 Å². The minimum Gasteiger partial charge on any atom is -0.497 e. The molecule has 1 amide bonds. The van der Waals surface area contributed by atoms with Crippen molar-refractivity contribution in [1.82, 2.24) is 9.99 Å². The van der Waals surface area contributed by atoms with Crippen molar-refractivity contribution < 1.29 is 9.53 Å². The zero-order valence-corrected chi connectivity index (χ0v) is 13.7. The van der Waals surface area contributed by atoms with E-state index in [4.69, 9.17) is 10.6 Å². The zero-order chi connectivity index (χ0) is 16.9. The number of hydrazine groups is 1. The van der Waals surface area contributed by atoms with Crippen LogP contribution in [0.5, 0.6) is 5.75 Å². The lowest BCUT2D eigenvalue weighted by molar-refractivity contribution is -0.121. The van der Waals surface area contributed by atoms with E-state index < -0.39 is 0 Å². The summed E-state index contributed by atoms with van der Waals surface area (Å²) in [4.78, 5) is 11.5. The van der Waals surface area contributed by atoms with Gasteiger partial charge in [0.05, 0.1) is 7.11 Å². The number of fused-ring (bicyclic) bond motifs is 1. The van der Waals surface area contributed by atoms with Gasteiger partial charge in [-0.25, -0.2) is 5.84 Å². The van der Waals surface area contributed by atoms with Crippen molar-refractivity contribution in [3.8, 4) is 5.75 Å². The van der Waals surface area contributed by atoms with Gasteiger partial charge in [-0.1, -0.05) is 30.3 Å². The van der Waals surface area contributed by atoms with E-state index in [0.717, 1.165) is 28.8 Å². The van der Waals surface area contributed by atoms with Crippen LogP contribution in [0, 0.1) is 0 Å². The number of ether oxygens (including phenoxy) is 1. The van der Waals surface area contributed by atoms with Gasteiger partial charge < -0.3 is 9.30 Å². The molecule has 0 saturated carbocycles. The number of hydrogen-bond acceptors (Lipinski definition) is 3. The Labute approximate surface area is 141 Å². The Morgan fingerprint density at radius 3 is 2.71 bits per heavy atom. The highest BCUT2D eigenvalue weighted by atomic mass is 16.5. The molecule has 0 atom stereocenters. The van der Waals surface area contributed by atoms with Gasteiger partial charge in [-0.15, -0.1) is 0 Å². The van der Waals surface area contributed by atoms with E-state index in [1.807, 2.05) is 30.3 Å². The molecule has 0 spiro atoms. The summed E-state index contributed by atoms with van der Waals surface area (Å²) in [5.74, 6) is 5.82. The highest BCUT2D eigenvalue weighted by Gasteiger charge is 2.11. The second-order valence-corrected chi connectivity index (χ2v) is 5.72. The van der Waals surface area contributed by atoms with Crippen LogP contribution in [0.1, 0.15) is 17.5 Å². The van der Waals surface area contributed by atoms with E-state index in [0.29, 0.717) is 12.8 Å². The molecule has 0 aliphatic heterocycles. The lowest BCUT2D eigenvalue weighted by atomic mass is 10.1. The van der Waals surface area contributed by atoms with E-state index in [-0.39, 0.29) is 5.91 Å². The number of benzene rings is 2. The van der Waals surface area contributed by atoms with Crippen molar-refractivity contribution >= 4 is 16.8 Å². The number of carbonyl (C=O) groups excluding carboxylic acids is 1. The van der Waals surface area contributed by atoms with Gasteiger partial charge in [0.15, 0.2) is 0 Å². The van der Waals surface area contributed by atoms with E-state index in [2.05, 4.69) is 34.4 Å². The fraction of sp³-hybridized carbons (Fsp3) is 0.211. The van der Waals surface area contributed by atoms with E-state index in [1.165, 1.54) is 5.56 Å². The van der Waals surface area contributed by atoms with Crippen molar-refractivity contribution in [3.05, 3.63) is 65.9 Å². The second-order valence-electron chi connectivity index (χ2n) is 5.72. The Balaban J connectivity index is 1.98. The molecule has 124 valence electrons. The Hall–Kier alpha value is -2.79. The maximum atomic E-state index is 11.5. The van der Waals surface area contributed by atoms with Crippen molar-refractivity contribution in [2.24, 2.45) is 5.84 Å². The summed E-state index contributed by atoms with van der Waals surface area (Å²) in [5.41, 5.74) is 5.66. The van der Waals surface area contributed by atoms with Gasteiger partial charge in [0.25, 0.3) is 0 Å². The molecule has 0 radical (unpaired) electrons. The first-order valence-corrected chi connectivity index (χ1v) is 7.90. The maximum Gasteiger partial charge on any atom is 0.234 e. The summed E-state index contributed by atoms with van der Waals surface area (Å²) in [6, 6.07) is 16.3. The lowest BCUT2D eigenvalue weighted by Gasteiger charge is -2.06. The maximum absolute atomic E-state index is 11.5. The molecule has 3 aromatic rings. The van der Waals surface area contributed by atoms with Crippen LogP contribution in [0.2, 0.25) is 0 Å². The monoisotopic (exact) mass is 323 g/mol. The predicted molar refractivity (Wildman–Crippen MR) is 94.7 cm³/mol.